The summed E-state index contributed by atoms with van der Waals surface area (Å²) in [6.45, 7) is 11.8. The lowest BCUT2D eigenvalue weighted by Gasteiger charge is -2.21. The molecule has 0 N–H and O–H groups in total. The fraction of sp³-hybridized carbons (Fsp3) is 0.429. The van der Waals surface area contributed by atoms with Gasteiger partial charge in [0, 0.05) is 4.90 Å². The van der Waals surface area contributed by atoms with E-state index >= 15 is 0 Å². The number of rotatable bonds is 4. The Morgan fingerprint density at radius 1 is 1.12 bits per heavy atom. The minimum absolute atomic E-state index is 0.637. The first-order chi connectivity index (χ1) is 7.39. The number of hydrogen-bond donors (Lipinski definition) is 0. The summed E-state index contributed by atoms with van der Waals surface area (Å²) in [5.41, 5.74) is 0. The predicted molar refractivity (Wildman–Crippen MR) is 78.6 cm³/mol. The second kappa shape index (κ2) is 5.74. The van der Waals surface area contributed by atoms with Gasteiger partial charge in [-0.1, -0.05) is 69.5 Å². The summed E-state index contributed by atoms with van der Waals surface area (Å²) in [6.07, 6.45) is 2.43. The van der Waals surface area contributed by atoms with E-state index in [-0.39, 0.29) is 0 Å². The highest BCUT2D eigenvalue weighted by molar-refractivity contribution is 8.05. The van der Waals surface area contributed by atoms with Crippen LogP contribution in [-0.4, -0.2) is 8.07 Å². The lowest BCUT2D eigenvalue weighted by molar-refractivity contribution is 0.831. The van der Waals surface area contributed by atoms with Crippen molar-refractivity contribution in [3.8, 4) is 0 Å². The molecule has 2 heteroatoms. The van der Waals surface area contributed by atoms with E-state index in [0.29, 0.717) is 5.92 Å². The van der Waals surface area contributed by atoms with Crippen molar-refractivity contribution in [2.45, 2.75) is 38.4 Å². The van der Waals surface area contributed by atoms with Crippen LogP contribution in [0.15, 0.2) is 45.8 Å². The smallest absolute Gasteiger partial charge is 0.0858 e. The zero-order chi connectivity index (χ0) is 12.2. The average Bonchev–Trinajstić information content (AvgIpc) is 2.16. The molecule has 0 atom stereocenters. The van der Waals surface area contributed by atoms with Gasteiger partial charge >= 0.3 is 0 Å². The second-order valence-electron chi connectivity index (χ2n) is 5.44. The standard InChI is InChI=1S/C14H22SSi/c1-12(2)11-14(16(3,4)5)15-13-9-7-6-8-10-13/h6-12H,1-5H3/b14-11-. The normalized spacial score (nSPS) is 13.2. The number of allylic oxidation sites excluding steroid dienone is 1. The van der Waals surface area contributed by atoms with Gasteiger partial charge in [0.15, 0.2) is 0 Å². The number of thioether (sulfide) groups is 1. The van der Waals surface area contributed by atoms with Crippen LogP contribution in [0.2, 0.25) is 19.6 Å². The minimum atomic E-state index is -1.21. The molecule has 0 radical (unpaired) electrons. The molecule has 0 aliphatic carbocycles. The first kappa shape index (κ1) is 13.6. The first-order valence-electron chi connectivity index (χ1n) is 5.85. The Bertz CT molecular complexity index is 347. The van der Waals surface area contributed by atoms with Crippen LogP contribution in [0, 0.1) is 5.92 Å². The van der Waals surface area contributed by atoms with Crippen molar-refractivity contribution < 1.29 is 0 Å². The topological polar surface area (TPSA) is 0 Å². The van der Waals surface area contributed by atoms with Crippen molar-refractivity contribution in [2.24, 2.45) is 5.92 Å². The van der Waals surface area contributed by atoms with Gasteiger partial charge in [-0.15, -0.1) is 0 Å². The third kappa shape index (κ3) is 4.58. The van der Waals surface area contributed by atoms with Crippen molar-refractivity contribution in [1.29, 1.82) is 0 Å². The molecular weight excluding hydrogens is 228 g/mol. The fourth-order valence-electron chi connectivity index (χ4n) is 1.36. The highest BCUT2D eigenvalue weighted by atomic mass is 32.2. The van der Waals surface area contributed by atoms with Gasteiger partial charge in [-0.25, -0.2) is 0 Å². The maximum Gasteiger partial charge on any atom is 0.0858 e. The van der Waals surface area contributed by atoms with Crippen LogP contribution >= 0.6 is 11.8 Å². The van der Waals surface area contributed by atoms with E-state index in [4.69, 9.17) is 0 Å². The highest BCUT2D eigenvalue weighted by Gasteiger charge is 2.20. The van der Waals surface area contributed by atoms with Crippen LogP contribution in [0.5, 0.6) is 0 Å². The Kier molecular flexibility index (Phi) is 4.87. The molecule has 0 saturated heterocycles. The summed E-state index contributed by atoms with van der Waals surface area (Å²) in [6, 6.07) is 10.7. The van der Waals surface area contributed by atoms with Crippen molar-refractivity contribution >= 4 is 19.8 Å². The van der Waals surface area contributed by atoms with Crippen molar-refractivity contribution in [1.82, 2.24) is 0 Å². The van der Waals surface area contributed by atoms with Crippen LogP contribution in [0.4, 0.5) is 0 Å². The van der Waals surface area contributed by atoms with Gasteiger partial charge in [-0.05, 0) is 22.6 Å². The van der Waals surface area contributed by atoms with E-state index in [9.17, 15) is 0 Å². The van der Waals surface area contributed by atoms with E-state index in [0.717, 1.165) is 0 Å². The van der Waals surface area contributed by atoms with Crippen molar-refractivity contribution in [3.05, 3.63) is 40.9 Å². The molecule has 0 unspecified atom stereocenters. The summed E-state index contributed by atoms with van der Waals surface area (Å²) in [7, 11) is -1.21. The SMILES string of the molecule is CC(C)/C=C(/Sc1ccccc1)[Si](C)(C)C. The van der Waals surface area contributed by atoms with Crippen molar-refractivity contribution in [2.75, 3.05) is 0 Å². The van der Waals surface area contributed by atoms with Crippen LogP contribution in [0.1, 0.15) is 13.8 Å². The summed E-state index contributed by atoms with van der Waals surface area (Å²) < 4.78 is 1.59. The molecule has 1 aromatic rings. The molecule has 0 saturated carbocycles. The van der Waals surface area contributed by atoms with E-state index in [1.807, 2.05) is 11.8 Å². The molecule has 0 heterocycles. The number of benzene rings is 1. The van der Waals surface area contributed by atoms with E-state index in [1.54, 1.807) is 4.53 Å². The van der Waals surface area contributed by atoms with Crippen LogP contribution in [0.25, 0.3) is 0 Å². The maximum absolute atomic E-state index is 2.43. The molecule has 0 bridgehead atoms. The largest absolute Gasteiger partial charge is 0.0995 e. The molecule has 0 spiro atoms. The van der Waals surface area contributed by atoms with Gasteiger partial charge in [0.2, 0.25) is 0 Å². The summed E-state index contributed by atoms with van der Waals surface area (Å²) in [5.74, 6) is 0.637. The summed E-state index contributed by atoms with van der Waals surface area (Å²) in [4.78, 5) is 1.36. The van der Waals surface area contributed by atoms with Crippen LogP contribution in [0.3, 0.4) is 0 Å². The quantitative estimate of drug-likeness (QED) is 0.523. The summed E-state index contributed by atoms with van der Waals surface area (Å²) >= 11 is 1.95. The minimum Gasteiger partial charge on any atom is -0.0995 e. The zero-order valence-corrected chi connectivity index (χ0v) is 12.8. The van der Waals surface area contributed by atoms with Crippen LogP contribution < -0.4 is 0 Å². The Labute approximate surface area is 105 Å². The Morgan fingerprint density at radius 2 is 1.69 bits per heavy atom. The van der Waals surface area contributed by atoms with E-state index in [2.05, 4.69) is 69.9 Å². The van der Waals surface area contributed by atoms with E-state index < -0.39 is 8.07 Å². The molecule has 16 heavy (non-hydrogen) atoms. The molecule has 88 valence electrons. The lowest BCUT2D eigenvalue weighted by Crippen LogP contribution is -2.22. The lowest BCUT2D eigenvalue weighted by atomic mass is 10.2. The Hall–Kier alpha value is -0.473. The Balaban J connectivity index is 2.89. The van der Waals surface area contributed by atoms with Gasteiger partial charge in [0.05, 0.1) is 8.07 Å². The van der Waals surface area contributed by atoms with Crippen LogP contribution in [-0.2, 0) is 0 Å². The summed E-state index contributed by atoms with van der Waals surface area (Å²) in [5, 5.41) is 0. The monoisotopic (exact) mass is 250 g/mol. The number of hydrogen-bond acceptors (Lipinski definition) is 1. The van der Waals surface area contributed by atoms with Gasteiger partial charge in [0.25, 0.3) is 0 Å². The molecule has 0 fully saturated rings. The maximum atomic E-state index is 2.43. The molecule has 0 nitrogen and oxygen atoms in total. The zero-order valence-electron chi connectivity index (χ0n) is 10.9. The van der Waals surface area contributed by atoms with Gasteiger partial charge in [-0.3, -0.25) is 0 Å². The molecule has 0 aliphatic rings. The molecule has 0 aliphatic heterocycles. The molecular formula is C14H22SSi. The van der Waals surface area contributed by atoms with Gasteiger partial charge in [-0.2, -0.15) is 0 Å². The van der Waals surface area contributed by atoms with Crippen molar-refractivity contribution in [3.63, 3.8) is 0 Å². The van der Waals surface area contributed by atoms with Gasteiger partial charge < -0.3 is 0 Å². The molecule has 1 rings (SSSR count). The third-order valence-electron chi connectivity index (χ3n) is 2.19. The molecule has 0 amide bonds. The highest BCUT2D eigenvalue weighted by Crippen LogP contribution is 2.33. The Morgan fingerprint density at radius 3 is 2.12 bits per heavy atom. The van der Waals surface area contributed by atoms with E-state index in [1.165, 1.54) is 4.90 Å². The molecule has 1 aromatic carbocycles. The second-order valence-corrected chi connectivity index (χ2v) is 12.0. The average molecular weight is 250 g/mol. The first-order valence-corrected chi connectivity index (χ1v) is 10.2. The fourth-order valence-corrected chi connectivity index (χ4v) is 4.65. The molecule has 0 aromatic heterocycles. The third-order valence-corrected chi connectivity index (χ3v) is 6.85. The van der Waals surface area contributed by atoms with Gasteiger partial charge in [0.1, 0.15) is 0 Å². The predicted octanol–water partition coefficient (Wildman–Crippen LogP) is 5.20.